The van der Waals surface area contributed by atoms with E-state index in [4.69, 9.17) is 22.9 Å². The first-order chi connectivity index (χ1) is 6.20. The SMILES string of the molecule is NCCN(CCN)CCN=C(N)N. The third-order valence-electron chi connectivity index (χ3n) is 1.60. The van der Waals surface area contributed by atoms with Crippen LogP contribution in [0.4, 0.5) is 0 Å². The van der Waals surface area contributed by atoms with Gasteiger partial charge < -0.3 is 22.9 Å². The van der Waals surface area contributed by atoms with Crippen molar-refractivity contribution in [3.8, 4) is 0 Å². The number of guanidine groups is 1. The summed E-state index contributed by atoms with van der Waals surface area (Å²) in [5.41, 5.74) is 21.2. The number of hydrogen-bond donors (Lipinski definition) is 4. The zero-order valence-electron chi connectivity index (χ0n) is 7.95. The quantitative estimate of drug-likeness (QED) is 0.259. The summed E-state index contributed by atoms with van der Waals surface area (Å²) in [6.45, 7) is 4.31. The van der Waals surface area contributed by atoms with E-state index in [-0.39, 0.29) is 5.96 Å². The van der Waals surface area contributed by atoms with Crippen LogP contribution in [0, 0.1) is 0 Å². The van der Waals surface area contributed by atoms with Crippen molar-refractivity contribution < 1.29 is 0 Å². The monoisotopic (exact) mass is 188 g/mol. The molecule has 0 unspecified atom stereocenters. The molecule has 0 amide bonds. The minimum Gasteiger partial charge on any atom is -0.370 e. The lowest BCUT2D eigenvalue weighted by atomic mass is 10.4. The second kappa shape index (κ2) is 7.78. The lowest BCUT2D eigenvalue weighted by Gasteiger charge is -2.19. The lowest BCUT2D eigenvalue weighted by molar-refractivity contribution is 0.297. The highest BCUT2D eigenvalue weighted by atomic mass is 15.1. The molecule has 0 rings (SSSR count). The van der Waals surface area contributed by atoms with Gasteiger partial charge in [-0.3, -0.25) is 9.89 Å². The van der Waals surface area contributed by atoms with Crippen molar-refractivity contribution in [2.24, 2.45) is 27.9 Å². The van der Waals surface area contributed by atoms with Crippen molar-refractivity contribution >= 4 is 5.96 Å². The Labute approximate surface area is 78.9 Å². The van der Waals surface area contributed by atoms with Crippen LogP contribution in [0.5, 0.6) is 0 Å². The van der Waals surface area contributed by atoms with Gasteiger partial charge in [0.2, 0.25) is 0 Å². The molecule has 0 atom stereocenters. The molecule has 0 aliphatic rings. The average molecular weight is 188 g/mol. The number of nitrogens with zero attached hydrogens (tertiary/aromatic N) is 2. The molecule has 0 saturated carbocycles. The highest BCUT2D eigenvalue weighted by Crippen LogP contribution is 1.85. The lowest BCUT2D eigenvalue weighted by Crippen LogP contribution is -2.36. The first-order valence-corrected chi connectivity index (χ1v) is 4.38. The second-order valence-corrected chi connectivity index (χ2v) is 2.73. The zero-order chi connectivity index (χ0) is 10.1. The van der Waals surface area contributed by atoms with E-state index >= 15 is 0 Å². The van der Waals surface area contributed by atoms with E-state index in [1.165, 1.54) is 0 Å². The van der Waals surface area contributed by atoms with Gasteiger partial charge in [0.15, 0.2) is 5.96 Å². The molecule has 0 fully saturated rings. The summed E-state index contributed by atoms with van der Waals surface area (Å²) < 4.78 is 0. The molecule has 0 radical (unpaired) electrons. The molecule has 0 heterocycles. The van der Waals surface area contributed by atoms with Crippen LogP contribution in [-0.4, -0.2) is 50.1 Å². The Morgan fingerprint density at radius 1 is 1.00 bits per heavy atom. The van der Waals surface area contributed by atoms with Crippen molar-refractivity contribution in [3.05, 3.63) is 0 Å². The van der Waals surface area contributed by atoms with Gasteiger partial charge in [0, 0.05) is 32.7 Å². The number of hydrogen-bond acceptors (Lipinski definition) is 4. The molecular formula is C7H20N6. The fourth-order valence-corrected chi connectivity index (χ4v) is 1.02. The maximum Gasteiger partial charge on any atom is 0.185 e. The Morgan fingerprint density at radius 3 is 1.92 bits per heavy atom. The Bertz CT molecular complexity index is 136. The minimum absolute atomic E-state index is 0.125. The highest BCUT2D eigenvalue weighted by Gasteiger charge is 2.00. The smallest absolute Gasteiger partial charge is 0.185 e. The van der Waals surface area contributed by atoms with Gasteiger partial charge in [0.25, 0.3) is 0 Å². The largest absolute Gasteiger partial charge is 0.370 e. The molecule has 0 saturated heterocycles. The van der Waals surface area contributed by atoms with Crippen molar-refractivity contribution in [3.63, 3.8) is 0 Å². The zero-order valence-corrected chi connectivity index (χ0v) is 7.95. The summed E-state index contributed by atoms with van der Waals surface area (Å²) in [6, 6.07) is 0. The van der Waals surface area contributed by atoms with Gasteiger partial charge in [-0.15, -0.1) is 0 Å². The molecule has 0 aliphatic carbocycles. The van der Waals surface area contributed by atoms with E-state index in [0.717, 1.165) is 19.6 Å². The van der Waals surface area contributed by atoms with E-state index in [2.05, 4.69) is 9.89 Å². The predicted octanol–water partition coefficient (Wildman–Crippen LogP) is -2.52. The van der Waals surface area contributed by atoms with Crippen molar-refractivity contribution in [2.45, 2.75) is 0 Å². The minimum atomic E-state index is 0.125. The predicted molar refractivity (Wildman–Crippen MR) is 55.2 cm³/mol. The van der Waals surface area contributed by atoms with Gasteiger partial charge in [0.05, 0.1) is 6.54 Å². The van der Waals surface area contributed by atoms with Gasteiger partial charge in [-0.2, -0.15) is 0 Å². The van der Waals surface area contributed by atoms with Crippen LogP contribution in [-0.2, 0) is 0 Å². The maximum absolute atomic E-state index is 5.42. The van der Waals surface area contributed by atoms with E-state index < -0.39 is 0 Å². The summed E-state index contributed by atoms with van der Waals surface area (Å²) in [7, 11) is 0. The Kier molecular flexibility index (Phi) is 7.27. The molecular weight excluding hydrogens is 168 g/mol. The molecule has 78 valence electrons. The Morgan fingerprint density at radius 2 is 1.54 bits per heavy atom. The summed E-state index contributed by atoms with van der Waals surface area (Å²) in [5.74, 6) is 0.125. The summed E-state index contributed by atoms with van der Waals surface area (Å²) in [4.78, 5) is 6.01. The molecule has 0 spiro atoms. The van der Waals surface area contributed by atoms with E-state index in [1.807, 2.05) is 0 Å². The van der Waals surface area contributed by atoms with Crippen molar-refractivity contribution in [1.82, 2.24) is 4.90 Å². The first-order valence-electron chi connectivity index (χ1n) is 4.38. The number of aliphatic imine (C=N–C) groups is 1. The summed E-state index contributed by atoms with van der Waals surface area (Å²) >= 11 is 0. The maximum atomic E-state index is 5.42. The van der Waals surface area contributed by atoms with Gasteiger partial charge in [0.1, 0.15) is 0 Å². The van der Waals surface area contributed by atoms with E-state index in [0.29, 0.717) is 19.6 Å². The van der Waals surface area contributed by atoms with Gasteiger partial charge >= 0.3 is 0 Å². The third-order valence-corrected chi connectivity index (χ3v) is 1.60. The second-order valence-electron chi connectivity index (χ2n) is 2.73. The van der Waals surface area contributed by atoms with E-state index in [9.17, 15) is 0 Å². The number of rotatable bonds is 7. The molecule has 0 aromatic rings. The molecule has 6 nitrogen and oxygen atoms in total. The normalized spacial score (nSPS) is 10.4. The van der Waals surface area contributed by atoms with Crippen molar-refractivity contribution in [2.75, 3.05) is 39.3 Å². The summed E-state index contributed by atoms with van der Waals surface area (Å²) in [6.07, 6.45) is 0. The van der Waals surface area contributed by atoms with Crippen LogP contribution in [0.1, 0.15) is 0 Å². The summed E-state index contributed by atoms with van der Waals surface area (Å²) in [5, 5.41) is 0. The fraction of sp³-hybridized carbons (Fsp3) is 0.857. The molecule has 0 aliphatic heterocycles. The standard InChI is InChI=1S/C7H20N6/c8-1-4-13(5-2-9)6-3-12-7(10)11/h1-6,8-9H2,(H4,10,11,12). The molecule has 0 bridgehead atoms. The molecule has 6 heteroatoms. The van der Waals surface area contributed by atoms with Gasteiger partial charge in [-0.05, 0) is 0 Å². The van der Waals surface area contributed by atoms with Gasteiger partial charge in [-0.1, -0.05) is 0 Å². The Hall–Kier alpha value is -0.850. The van der Waals surface area contributed by atoms with Crippen LogP contribution in [0.2, 0.25) is 0 Å². The van der Waals surface area contributed by atoms with E-state index in [1.54, 1.807) is 0 Å². The Balaban J connectivity index is 3.61. The topological polar surface area (TPSA) is 120 Å². The molecule has 8 N–H and O–H groups in total. The third kappa shape index (κ3) is 7.51. The molecule has 0 aromatic carbocycles. The molecule has 13 heavy (non-hydrogen) atoms. The first kappa shape index (κ1) is 12.2. The van der Waals surface area contributed by atoms with Gasteiger partial charge in [-0.25, -0.2) is 0 Å². The van der Waals surface area contributed by atoms with Crippen LogP contribution in [0.15, 0.2) is 4.99 Å². The average Bonchev–Trinajstić information content (AvgIpc) is 2.04. The van der Waals surface area contributed by atoms with Crippen LogP contribution in [0.3, 0.4) is 0 Å². The van der Waals surface area contributed by atoms with Crippen LogP contribution in [0.25, 0.3) is 0 Å². The fourth-order valence-electron chi connectivity index (χ4n) is 1.02. The van der Waals surface area contributed by atoms with Crippen LogP contribution < -0.4 is 22.9 Å². The highest BCUT2D eigenvalue weighted by molar-refractivity contribution is 5.75. The van der Waals surface area contributed by atoms with Crippen LogP contribution >= 0.6 is 0 Å². The molecule has 0 aromatic heterocycles. The van der Waals surface area contributed by atoms with Crippen molar-refractivity contribution in [1.29, 1.82) is 0 Å². The number of nitrogens with two attached hydrogens (primary N) is 4.